The highest BCUT2D eigenvalue weighted by molar-refractivity contribution is 7.18. The molecule has 5 aromatic carbocycles. The summed E-state index contributed by atoms with van der Waals surface area (Å²) in [6.45, 7) is 11.6. The highest BCUT2D eigenvalue weighted by Crippen LogP contribution is 2.48. The van der Waals surface area contributed by atoms with Crippen LogP contribution in [0.2, 0.25) is 0 Å². The third kappa shape index (κ3) is 3.60. The highest BCUT2D eigenvalue weighted by atomic mass is 32.1. The lowest BCUT2D eigenvalue weighted by Gasteiger charge is -2.25. The molecule has 0 aliphatic carbocycles. The lowest BCUT2D eigenvalue weighted by molar-refractivity contribution is 1.38. The van der Waals surface area contributed by atoms with Crippen LogP contribution in [-0.2, 0) is 0 Å². The molecule has 7 rings (SSSR count). The Morgan fingerprint density at radius 2 is 1.26 bits per heavy atom. The maximum absolute atomic E-state index is 9.36. The lowest BCUT2D eigenvalue weighted by atomic mass is 9.87. The van der Waals surface area contributed by atoms with Crippen molar-refractivity contribution in [2.75, 3.05) is 4.90 Å². The Morgan fingerprint density at radius 3 is 1.82 bits per heavy atom. The van der Waals surface area contributed by atoms with E-state index in [2.05, 4.69) is 102 Å². The monoisotopic (exact) mass is 535 g/mol. The molecule has 39 heavy (non-hydrogen) atoms. The maximum Gasteiger partial charge on any atom is 0.262 e. The van der Waals surface area contributed by atoms with E-state index in [-0.39, 0.29) is 5.70 Å². The topological polar surface area (TPSA) is 31.4 Å². The van der Waals surface area contributed by atoms with Gasteiger partial charge in [0.15, 0.2) is 0 Å². The van der Waals surface area contributed by atoms with Gasteiger partial charge in [0.05, 0.1) is 18.3 Å². The third-order valence-electron chi connectivity index (χ3n) is 7.33. The van der Waals surface area contributed by atoms with Crippen LogP contribution in [0.15, 0.2) is 90.6 Å². The molecule has 5 heteroatoms. The average Bonchev–Trinajstić information content (AvgIpc) is 3.59. The molecule has 0 fully saturated rings. The molecule has 2 heterocycles. The van der Waals surface area contributed by atoms with Crippen LogP contribution >= 0.6 is 22.7 Å². The Kier molecular flexibility index (Phi) is 5.39. The van der Waals surface area contributed by atoms with Crippen molar-refractivity contribution in [1.29, 1.82) is 5.26 Å². The molecular formula is C34H21N3S2. The van der Waals surface area contributed by atoms with Crippen molar-refractivity contribution in [2.24, 2.45) is 0 Å². The van der Waals surface area contributed by atoms with Gasteiger partial charge in [0.1, 0.15) is 10.0 Å². The summed E-state index contributed by atoms with van der Waals surface area (Å²) in [6.07, 6.45) is 1.69. The minimum Gasteiger partial charge on any atom is -0.292 e. The number of hydrogen-bond acceptors (Lipinski definition) is 4. The maximum atomic E-state index is 9.36. The molecule has 0 saturated heterocycles. The van der Waals surface area contributed by atoms with E-state index < -0.39 is 0 Å². The Morgan fingerprint density at radius 1 is 0.718 bits per heavy atom. The molecule has 0 atom stereocenters. The third-order valence-corrected chi connectivity index (χ3v) is 9.31. The molecule has 2 aromatic heterocycles. The summed E-state index contributed by atoms with van der Waals surface area (Å²) >= 11 is 3.62. The van der Waals surface area contributed by atoms with Gasteiger partial charge in [0.25, 0.3) is 5.70 Å². The zero-order chi connectivity index (χ0) is 26.7. The summed E-state index contributed by atoms with van der Waals surface area (Å²) in [5, 5.41) is 21.2. The lowest BCUT2D eigenvalue weighted by Crippen LogP contribution is -2.07. The molecule has 0 unspecified atom stereocenters. The standard InChI is InChI=1S/C34H21N3S2/c1-20-10-16-31(38-20)37(32-17-11-21(2)39-32)30-15-14-28-27-13-12-22(18-23(19-35)36-3)24-6-4-7-25(33(24)27)26-8-5-9-29(30)34(26)28/h4-18H,1-2H3/b23-18-. The molecule has 0 aliphatic heterocycles. The molecule has 0 N–H and O–H groups in total. The Bertz CT molecular complexity index is 2110. The number of aryl methyl sites for hydroxylation is 2. The van der Waals surface area contributed by atoms with Crippen molar-refractivity contribution < 1.29 is 0 Å². The quantitative estimate of drug-likeness (QED) is 0.0971. The summed E-state index contributed by atoms with van der Waals surface area (Å²) in [6, 6.07) is 32.5. The van der Waals surface area contributed by atoms with Gasteiger partial charge in [0.2, 0.25) is 0 Å². The largest absolute Gasteiger partial charge is 0.292 e. The number of nitriles is 1. The number of benzene rings is 5. The number of rotatable bonds is 4. The number of allylic oxidation sites excluding steroid dienone is 1. The van der Waals surface area contributed by atoms with E-state index in [4.69, 9.17) is 6.57 Å². The van der Waals surface area contributed by atoms with Crippen molar-refractivity contribution in [3.8, 4) is 6.07 Å². The van der Waals surface area contributed by atoms with Gasteiger partial charge in [-0.25, -0.2) is 10.1 Å². The first-order valence-corrected chi connectivity index (χ1v) is 14.2. The summed E-state index contributed by atoms with van der Waals surface area (Å²) in [5.74, 6) is 0. The van der Waals surface area contributed by atoms with Gasteiger partial charge in [-0.15, -0.1) is 22.7 Å². The Labute approximate surface area is 234 Å². The van der Waals surface area contributed by atoms with Gasteiger partial charge < -0.3 is 0 Å². The van der Waals surface area contributed by atoms with Crippen molar-refractivity contribution in [3.05, 3.63) is 117 Å². The summed E-state index contributed by atoms with van der Waals surface area (Å²) in [5.41, 5.74) is 2.15. The van der Waals surface area contributed by atoms with Crippen LogP contribution in [0.5, 0.6) is 0 Å². The fourth-order valence-corrected chi connectivity index (χ4v) is 7.54. The predicted octanol–water partition coefficient (Wildman–Crippen LogP) is 10.7. The van der Waals surface area contributed by atoms with E-state index in [1.165, 1.54) is 63.1 Å². The molecular weight excluding hydrogens is 515 g/mol. The minimum atomic E-state index is 0.0892. The van der Waals surface area contributed by atoms with Crippen LogP contribution in [-0.4, -0.2) is 0 Å². The van der Waals surface area contributed by atoms with Crippen LogP contribution in [0.4, 0.5) is 15.7 Å². The van der Waals surface area contributed by atoms with Crippen LogP contribution in [0.25, 0.3) is 54.0 Å². The number of thiophene rings is 2. The van der Waals surface area contributed by atoms with Crippen molar-refractivity contribution >= 4 is 87.5 Å². The fraction of sp³-hybridized carbons (Fsp3) is 0.0588. The Balaban J connectivity index is 1.58. The van der Waals surface area contributed by atoms with Gasteiger partial charge >= 0.3 is 0 Å². The zero-order valence-electron chi connectivity index (χ0n) is 21.3. The first-order chi connectivity index (χ1) is 19.1. The zero-order valence-corrected chi connectivity index (χ0v) is 23.0. The number of hydrogen-bond donors (Lipinski definition) is 0. The molecule has 0 radical (unpaired) electrons. The predicted molar refractivity (Wildman–Crippen MR) is 168 cm³/mol. The highest BCUT2D eigenvalue weighted by Gasteiger charge is 2.21. The smallest absolute Gasteiger partial charge is 0.262 e. The van der Waals surface area contributed by atoms with Crippen molar-refractivity contribution in [2.45, 2.75) is 13.8 Å². The van der Waals surface area contributed by atoms with Gasteiger partial charge in [-0.2, -0.15) is 0 Å². The van der Waals surface area contributed by atoms with Crippen molar-refractivity contribution in [1.82, 2.24) is 0 Å². The van der Waals surface area contributed by atoms with E-state index in [9.17, 15) is 5.26 Å². The molecule has 0 bridgehead atoms. The van der Waals surface area contributed by atoms with Gasteiger partial charge in [-0.3, -0.25) is 4.90 Å². The number of anilines is 3. The summed E-state index contributed by atoms with van der Waals surface area (Å²) < 4.78 is 0. The second kappa shape index (κ2) is 8.96. The average molecular weight is 536 g/mol. The first kappa shape index (κ1) is 23.4. The number of fused-ring (bicyclic) bond motifs is 2. The molecule has 7 aromatic rings. The van der Waals surface area contributed by atoms with E-state index in [1.54, 1.807) is 6.08 Å². The second-order valence-corrected chi connectivity index (χ2v) is 12.2. The van der Waals surface area contributed by atoms with Gasteiger partial charge in [-0.05, 0) is 93.5 Å². The molecule has 0 spiro atoms. The molecule has 3 nitrogen and oxygen atoms in total. The van der Waals surface area contributed by atoms with E-state index >= 15 is 0 Å². The fourth-order valence-electron chi connectivity index (χ4n) is 5.71. The second-order valence-electron chi connectivity index (χ2n) is 9.65. The normalized spacial score (nSPS) is 11.9. The molecule has 0 saturated carbocycles. The first-order valence-electron chi connectivity index (χ1n) is 12.6. The van der Waals surface area contributed by atoms with Crippen LogP contribution < -0.4 is 4.90 Å². The van der Waals surface area contributed by atoms with Crippen molar-refractivity contribution in [3.63, 3.8) is 0 Å². The molecule has 0 aliphatic rings. The van der Waals surface area contributed by atoms with E-state index in [0.29, 0.717) is 0 Å². The summed E-state index contributed by atoms with van der Waals surface area (Å²) in [7, 11) is 0. The van der Waals surface area contributed by atoms with E-state index in [1.807, 2.05) is 34.8 Å². The van der Waals surface area contributed by atoms with Gasteiger partial charge in [0, 0.05) is 15.1 Å². The summed E-state index contributed by atoms with van der Waals surface area (Å²) in [4.78, 5) is 8.35. The SMILES string of the molecule is [C-]#[N+]/C(C#N)=C\c1ccc2c3ccc(N(c4ccc(C)s4)c4ccc(C)s4)c4cccc(c5cccc1c52)c43. The van der Waals surface area contributed by atoms with Crippen LogP contribution in [0, 0.1) is 31.8 Å². The van der Waals surface area contributed by atoms with Crippen LogP contribution in [0.1, 0.15) is 15.3 Å². The van der Waals surface area contributed by atoms with Gasteiger partial charge in [-0.1, -0.05) is 54.6 Å². The number of nitrogens with zero attached hydrogens (tertiary/aromatic N) is 3. The van der Waals surface area contributed by atoms with Crippen LogP contribution in [0.3, 0.4) is 0 Å². The minimum absolute atomic E-state index is 0.0892. The molecule has 184 valence electrons. The molecule has 0 amide bonds. The van der Waals surface area contributed by atoms with E-state index in [0.717, 1.165) is 10.9 Å². The Hall–Kier alpha value is -4.68.